The lowest BCUT2D eigenvalue weighted by molar-refractivity contribution is -0.143. The maximum Gasteiger partial charge on any atom is 0.303 e. The van der Waals surface area contributed by atoms with Crippen molar-refractivity contribution >= 4 is 23.5 Å². The number of alkyl halides is 1. The van der Waals surface area contributed by atoms with Gasteiger partial charge in [0.15, 0.2) is 11.5 Å². The lowest BCUT2D eigenvalue weighted by Gasteiger charge is -1.97. The number of fused-ring (bicyclic) bond motifs is 1. The maximum atomic E-state index is 9.64. The second-order valence-corrected chi connectivity index (χ2v) is 3.88. The van der Waals surface area contributed by atoms with Gasteiger partial charge in [0.2, 0.25) is 6.79 Å². The van der Waals surface area contributed by atoms with E-state index < -0.39 is 11.9 Å². The molecule has 0 radical (unpaired) electrons. The number of carboxylic acid groups (broad SMARTS) is 2. The van der Waals surface area contributed by atoms with E-state index in [1.807, 2.05) is 18.2 Å². The fourth-order valence-electron chi connectivity index (χ4n) is 1.24. The van der Waals surface area contributed by atoms with Gasteiger partial charge in [0, 0.05) is 5.88 Å². The first-order valence-electron chi connectivity index (χ1n) is 5.41. The third kappa shape index (κ3) is 5.48. The first-order valence-corrected chi connectivity index (χ1v) is 5.94. The highest BCUT2D eigenvalue weighted by atomic mass is 35.5. The molecule has 1 aromatic carbocycles. The summed E-state index contributed by atoms with van der Waals surface area (Å²) in [5.74, 6) is -0.0433. The minimum absolute atomic E-state index is 0.296. The molecule has 1 aromatic rings. The molecule has 0 aromatic heterocycles. The van der Waals surface area contributed by atoms with E-state index in [0.717, 1.165) is 17.1 Å². The molecular formula is C12H13ClO6. The van der Waals surface area contributed by atoms with Crippen molar-refractivity contribution in [3.05, 3.63) is 23.8 Å². The summed E-state index contributed by atoms with van der Waals surface area (Å²) in [5, 5.41) is 15.8. The normalized spacial score (nSPS) is 11.4. The van der Waals surface area contributed by atoms with E-state index >= 15 is 0 Å². The topological polar surface area (TPSA) is 93.1 Å². The molecule has 0 saturated heterocycles. The van der Waals surface area contributed by atoms with Gasteiger partial charge in [0.05, 0.1) is 12.8 Å². The number of aliphatic carboxylic acids is 2. The number of hydrogen-bond donors (Lipinski definition) is 2. The molecule has 0 fully saturated rings. The van der Waals surface area contributed by atoms with Gasteiger partial charge in [0.25, 0.3) is 0 Å². The summed E-state index contributed by atoms with van der Waals surface area (Å²) in [6.45, 7) is 0.321. The quantitative estimate of drug-likeness (QED) is 0.824. The molecule has 1 aliphatic rings. The van der Waals surface area contributed by atoms with Crippen LogP contribution in [0.15, 0.2) is 18.2 Å². The van der Waals surface area contributed by atoms with Gasteiger partial charge in [-0.3, -0.25) is 9.59 Å². The van der Waals surface area contributed by atoms with Gasteiger partial charge in [-0.25, -0.2) is 0 Å². The average molecular weight is 289 g/mol. The smallest absolute Gasteiger partial charge is 0.303 e. The van der Waals surface area contributed by atoms with E-state index in [0.29, 0.717) is 12.7 Å². The van der Waals surface area contributed by atoms with Crippen LogP contribution in [0.4, 0.5) is 0 Å². The number of hydrogen-bond acceptors (Lipinski definition) is 4. The minimum atomic E-state index is -1.08. The Balaban J connectivity index is 0.000000203. The van der Waals surface area contributed by atoms with Gasteiger partial charge in [-0.05, 0) is 17.7 Å². The molecule has 0 atom stereocenters. The first-order chi connectivity index (χ1) is 9.02. The Morgan fingerprint density at radius 3 is 2.21 bits per heavy atom. The summed E-state index contributed by atoms with van der Waals surface area (Å²) in [4.78, 5) is 19.3. The average Bonchev–Trinajstić information content (AvgIpc) is 2.84. The van der Waals surface area contributed by atoms with Crippen molar-refractivity contribution in [1.82, 2.24) is 0 Å². The van der Waals surface area contributed by atoms with E-state index in [9.17, 15) is 9.59 Å². The third-order valence-corrected chi connectivity index (χ3v) is 2.45. The molecule has 1 aliphatic heterocycles. The Hall–Kier alpha value is -1.95. The Labute approximate surface area is 114 Å². The second-order valence-electron chi connectivity index (χ2n) is 3.61. The van der Waals surface area contributed by atoms with Crippen LogP contribution in [0.3, 0.4) is 0 Å². The molecule has 1 heterocycles. The highest BCUT2D eigenvalue weighted by Crippen LogP contribution is 2.32. The van der Waals surface area contributed by atoms with Crippen molar-refractivity contribution in [2.45, 2.75) is 18.7 Å². The van der Waals surface area contributed by atoms with Crippen LogP contribution in [-0.4, -0.2) is 28.9 Å². The molecule has 0 unspecified atom stereocenters. The maximum absolute atomic E-state index is 9.64. The highest BCUT2D eigenvalue weighted by molar-refractivity contribution is 6.17. The molecule has 0 spiro atoms. The minimum Gasteiger partial charge on any atom is -0.481 e. The van der Waals surface area contributed by atoms with Gasteiger partial charge in [-0.1, -0.05) is 6.07 Å². The van der Waals surface area contributed by atoms with Crippen molar-refractivity contribution in [3.63, 3.8) is 0 Å². The number of halogens is 1. The number of ether oxygens (including phenoxy) is 2. The molecule has 7 heteroatoms. The van der Waals surface area contributed by atoms with Crippen LogP contribution in [0.2, 0.25) is 0 Å². The van der Waals surface area contributed by atoms with Crippen molar-refractivity contribution in [2.75, 3.05) is 6.79 Å². The van der Waals surface area contributed by atoms with Crippen molar-refractivity contribution in [1.29, 1.82) is 0 Å². The molecule has 0 amide bonds. The van der Waals surface area contributed by atoms with Crippen LogP contribution < -0.4 is 9.47 Å². The zero-order valence-electron chi connectivity index (χ0n) is 9.97. The van der Waals surface area contributed by atoms with Gasteiger partial charge in [0.1, 0.15) is 0 Å². The lowest BCUT2D eigenvalue weighted by atomic mass is 10.2. The molecule has 0 aliphatic carbocycles. The molecule has 2 rings (SSSR count). The summed E-state index contributed by atoms with van der Waals surface area (Å²) in [5.41, 5.74) is 1.05. The van der Waals surface area contributed by atoms with E-state index in [1.54, 1.807) is 0 Å². The number of carboxylic acids is 2. The van der Waals surface area contributed by atoms with Crippen LogP contribution in [0.25, 0.3) is 0 Å². The molecule has 19 heavy (non-hydrogen) atoms. The summed E-state index contributed by atoms with van der Waals surface area (Å²) in [7, 11) is 0. The van der Waals surface area contributed by atoms with Gasteiger partial charge >= 0.3 is 11.9 Å². The molecule has 2 N–H and O–H groups in total. The fourth-order valence-corrected chi connectivity index (χ4v) is 1.40. The zero-order valence-corrected chi connectivity index (χ0v) is 10.7. The first kappa shape index (κ1) is 15.1. The molecule has 0 saturated carbocycles. The Morgan fingerprint density at radius 2 is 1.68 bits per heavy atom. The standard InChI is InChI=1S/C8H7ClO2.C4H6O4/c9-4-6-1-2-7-8(3-6)11-5-10-7;5-3(6)1-2-4(7)8/h1-3H,4-5H2;1-2H2,(H,5,6)(H,7,8). The van der Waals surface area contributed by atoms with E-state index in [1.165, 1.54) is 0 Å². The number of benzene rings is 1. The predicted octanol–water partition coefficient (Wildman–Crippen LogP) is 2.09. The number of carbonyl (C=O) groups is 2. The van der Waals surface area contributed by atoms with Gasteiger partial charge in [-0.2, -0.15) is 0 Å². The van der Waals surface area contributed by atoms with Crippen molar-refractivity contribution < 1.29 is 29.3 Å². The second kappa shape index (κ2) is 7.48. The Bertz CT molecular complexity index is 446. The predicted molar refractivity (Wildman–Crippen MR) is 66.6 cm³/mol. The van der Waals surface area contributed by atoms with Crippen LogP contribution >= 0.6 is 11.6 Å². The van der Waals surface area contributed by atoms with Gasteiger partial charge in [-0.15, -0.1) is 11.6 Å². The Kier molecular flexibility index (Phi) is 5.95. The summed E-state index contributed by atoms with van der Waals surface area (Å²) >= 11 is 5.63. The zero-order chi connectivity index (χ0) is 14.3. The van der Waals surface area contributed by atoms with E-state index in [2.05, 4.69) is 0 Å². The summed E-state index contributed by atoms with van der Waals surface area (Å²) in [6.07, 6.45) is -0.593. The Morgan fingerprint density at radius 1 is 1.11 bits per heavy atom. The number of rotatable bonds is 4. The molecule has 0 bridgehead atoms. The monoisotopic (exact) mass is 288 g/mol. The van der Waals surface area contributed by atoms with E-state index in [4.69, 9.17) is 31.3 Å². The van der Waals surface area contributed by atoms with Crippen LogP contribution in [0, 0.1) is 0 Å². The van der Waals surface area contributed by atoms with E-state index in [-0.39, 0.29) is 12.8 Å². The molecular weight excluding hydrogens is 276 g/mol. The largest absolute Gasteiger partial charge is 0.481 e. The summed E-state index contributed by atoms with van der Waals surface area (Å²) < 4.78 is 10.3. The third-order valence-electron chi connectivity index (χ3n) is 2.14. The highest BCUT2D eigenvalue weighted by Gasteiger charge is 2.12. The van der Waals surface area contributed by atoms with Crippen LogP contribution in [0.5, 0.6) is 11.5 Å². The van der Waals surface area contributed by atoms with Gasteiger partial charge < -0.3 is 19.7 Å². The van der Waals surface area contributed by atoms with Crippen LogP contribution in [-0.2, 0) is 15.5 Å². The van der Waals surface area contributed by atoms with Crippen molar-refractivity contribution in [2.24, 2.45) is 0 Å². The molecule has 6 nitrogen and oxygen atoms in total. The van der Waals surface area contributed by atoms with Crippen LogP contribution in [0.1, 0.15) is 18.4 Å². The fraction of sp³-hybridized carbons (Fsp3) is 0.333. The van der Waals surface area contributed by atoms with Crippen molar-refractivity contribution in [3.8, 4) is 11.5 Å². The lowest BCUT2D eigenvalue weighted by Crippen LogP contribution is -2.00. The SMILES string of the molecule is ClCc1ccc2c(c1)OCO2.O=C(O)CCC(=O)O. The summed E-state index contributed by atoms with van der Waals surface area (Å²) in [6, 6.07) is 5.70. The molecule has 104 valence electrons.